The molecule has 0 radical (unpaired) electrons. The number of carbonyl (C=O) groups is 1. The Kier molecular flexibility index (Phi) is 7.25. The molecule has 0 fully saturated rings. The summed E-state index contributed by atoms with van der Waals surface area (Å²) in [6.07, 6.45) is -4.19. The van der Waals surface area contributed by atoms with Crippen LogP contribution in [-0.2, 0) is 4.79 Å². The zero-order chi connectivity index (χ0) is 18.2. The maximum absolute atomic E-state index is 11.3. The second-order valence-electron chi connectivity index (χ2n) is 4.53. The van der Waals surface area contributed by atoms with E-state index in [0.29, 0.717) is 17.9 Å². The molecule has 0 aliphatic heterocycles. The highest BCUT2D eigenvalue weighted by Gasteiger charge is 2.38. The van der Waals surface area contributed by atoms with Crippen LogP contribution < -0.4 is 15.7 Å². The van der Waals surface area contributed by atoms with Gasteiger partial charge in [-0.2, -0.15) is 13.2 Å². The van der Waals surface area contributed by atoms with Gasteiger partial charge in [0.1, 0.15) is 11.3 Å². The van der Waals surface area contributed by atoms with E-state index in [1.807, 2.05) is 25.2 Å². The number of hydrogen-bond acceptors (Lipinski definition) is 5. The Bertz CT molecular complexity index is 727. The third-order valence-corrected chi connectivity index (χ3v) is 2.68. The molecule has 2 N–H and O–H groups in total. The highest BCUT2D eigenvalue weighted by Crippen LogP contribution is 2.23. The van der Waals surface area contributed by atoms with E-state index in [4.69, 9.17) is 19.1 Å². The molecule has 0 aliphatic rings. The van der Waals surface area contributed by atoms with E-state index in [0.717, 1.165) is 18.4 Å². The van der Waals surface area contributed by atoms with Gasteiger partial charge in [0, 0.05) is 0 Å². The first-order chi connectivity index (χ1) is 11.3. The molecule has 1 aromatic heterocycles. The van der Waals surface area contributed by atoms with Crippen LogP contribution in [0.15, 0.2) is 39.5 Å². The summed E-state index contributed by atoms with van der Waals surface area (Å²) in [5.74, 6) is -2.17. The summed E-state index contributed by atoms with van der Waals surface area (Å²) in [7, 11) is 1.90. The molecule has 0 spiro atoms. The third kappa shape index (κ3) is 6.29. The average molecular weight is 347 g/mol. The summed E-state index contributed by atoms with van der Waals surface area (Å²) in [5, 5.41) is 11.0. The zero-order valence-corrected chi connectivity index (χ0v) is 12.7. The molecule has 9 heteroatoms. The van der Waals surface area contributed by atoms with Crippen LogP contribution in [-0.4, -0.2) is 37.5 Å². The molecule has 2 rings (SSSR count). The lowest BCUT2D eigenvalue weighted by Gasteiger charge is -2.07. The Hall–Kier alpha value is -2.55. The molecular formula is C15H16F3NO5. The number of rotatable bonds is 5. The summed E-state index contributed by atoms with van der Waals surface area (Å²) >= 11 is 0. The van der Waals surface area contributed by atoms with Crippen molar-refractivity contribution in [2.24, 2.45) is 0 Å². The van der Waals surface area contributed by atoms with Gasteiger partial charge in [-0.25, -0.2) is 9.59 Å². The van der Waals surface area contributed by atoms with Crippen LogP contribution in [0.3, 0.4) is 0 Å². The van der Waals surface area contributed by atoms with Crippen molar-refractivity contribution in [3.05, 3.63) is 40.8 Å². The molecule has 1 heterocycles. The molecule has 0 saturated heterocycles. The van der Waals surface area contributed by atoms with Crippen molar-refractivity contribution in [3.8, 4) is 5.75 Å². The smallest absolute Gasteiger partial charge is 0.490 e. The van der Waals surface area contributed by atoms with Crippen LogP contribution >= 0.6 is 0 Å². The predicted octanol–water partition coefficient (Wildman–Crippen LogP) is 2.41. The molecule has 0 unspecified atom stereocenters. The van der Waals surface area contributed by atoms with Crippen LogP contribution in [0, 0.1) is 0 Å². The molecular weight excluding hydrogens is 331 g/mol. The molecule has 132 valence electrons. The molecule has 0 amide bonds. The lowest BCUT2D eigenvalue weighted by atomic mass is 10.2. The zero-order valence-electron chi connectivity index (χ0n) is 12.7. The van der Waals surface area contributed by atoms with Crippen molar-refractivity contribution in [2.75, 3.05) is 20.2 Å². The van der Waals surface area contributed by atoms with Gasteiger partial charge < -0.3 is 19.6 Å². The molecule has 6 nitrogen and oxygen atoms in total. The number of hydrogen-bond donors (Lipinski definition) is 2. The molecule has 0 aliphatic carbocycles. The fraction of sp³-hybridized carbons (Fsp3) is 0.333. The highest BCUT2D eigenvalue weighted by atomic mass is 19.4. The van der Waals surface area contributed by atoms with Crippen LogP contribution in [0.1, 0.15) is 6.42 Å². The third-order valence-electron chi connectivity index (χ3n) is 2.68. The van der Waals surface area contributed by atoms with Gasteiger partial charge in [-0.05, 0) is 32.1 Å². The van der Waals surface area contributed by atoms with Crippen molar-refractivity contribution in [3.63, 3.8) is 0 Å². The van der Waals surface area contributed by atoms with Crippen molar-refractivity contribution in [2.45, 2.75) is 12.6 Å². The Morgan fingerprint density at radius 2 is 1.96 bits per heavy atom. The van der Waals surface area contributed by atoms with Crippen molar-refractivity contribution < 1.29 is 32.2 Å². The summed E-state index contributed by atoms with van der Waals surface area (Å²) in [4.78, 5) is 20.2. The van der Waals surface area contributed by atoms with Crippen molar-refractivity contribution in [1.29, 1.82) is 0 Å². The summed E-state index contributed by atoms with van der Waals surface area (Å²) in [6.45, 7) is 1.47. The van der Waals surface area contributed by atoms with Gasteiger partial charge >= 0.3 is 17.8 Å². The van der Waals surface area contributed by atoms with Gasteiger partial charge in [-0.3, -0.25) is 0 Å². The van der Waals surface area contributed by atoms with E-state index in [1.54, 1.807) is 6.07 Å². The average Bonchev–Trinajstić information content (AvgIpc) is 2.51. The number of ether oxygens (including phenoxy) is 1. The fourth-order valence-corrected chi connectivity index (χ4v) is 1.63. The monoisotopic (exact) mass is 347 g/mol. The standard InChI is InChI=1S/C13H15NO3.C2HF3O2/c1-14-7-4-8-16-12-9-13(15)17-11-6-3-2-5-10(11)12;3-2(4,5)1(6)7/h2-3,5-6,9,14H,4,7-8H2,1H3;(H,6,7). The predicted molar refractivity (Wildman–Crippen MR) is 80.2 cm³/mol. The number of aliphatic carboxylic acids is 1. The second-order valence-corrected chi connectivity index (χ2v) is 4.53. The van der Waals surface area contributed by atoms with E-state index in [9.17, 15) is 18.0 Å². The van der Waals surface area contributed by atoms with E-state index in [2.05, 4.69) is 5.32 Å². The lowest BCUT2D eigenvalue weighted by molar-refractivity contribution is -0.192. The summed E-state index contributed by atoms with van der Waals surface area (Å²) in [6, 6.07) is 8.75. The summed E-state index contributed by atoms with van der Waals surface area (Å²) in [5.41, 5.74) is 0.177. The molecule has 2 aromatic rings. The lowest BCUT2D eigenvalue weighted by Crippen LogP contribution is -2.21. The van der Waals surface area contributed by atoms with Crippen molar-refractivity contribution >= 4 is 16.9 Å². The largest absolute Gasteiger partial charge is 0.492 e. The Balaban J connectivity index is 0.000000351. The van der Waals surface area contributed by atoms with Gasteiger partial charge in [-0.15, -0.1) is 0 Å². The number of carboxylic acid groups (broad SMARTS) is 1. The molecule has 1 aromatic carbocycles. The number of benzene rings is 1. The summed E-state index contributed by atoms with van der Waals surface area (Å²) < 4.78 is 42.4. The first-order valence-corrected chi connectivity index (χ1v) is 6.86. The number of nitrogens with one attached hydrogen (secondary N) is 1. The topological polar surface area (TPSA) is 88.8 Å². The molecule has 24 heavy (non-hydrogen) atoms. The normalized spacial score (nSPS) is 10.8. The molecule has 0 atom stereocenters. The Labute approximate surface area is 134 Å². The van der Waals surface area contributed by atoms with Crippen LogP contribution in [0.25, 0.3) is 11.0 Å². The number of carboxylic acids is 1. The minimum absolute atomic E-state index is 0.382. The fourth-order valence-electron chi connectivity index (χ4n) is 1.63. The van der Waals surface area contributed by atoms with Crippen LogP contribution in [0.5, 0.6) is 5.75 Å². The van der Waals surface area contributed by atoms with E-state index in [-0.39, 0.29) is 5.63 Å². The van der Waals surface area contributed by atoms with Crippen LogP contribution in [0.4, 0.5) is 13.2 Å². The van der Waals surface area contributed by atoms with Gasteiger partial charge in [0.25, 0.3) is 0 Å². The number of halogens is 3. The SMILES string of the molecule is CNCCCOc1cc(=O)oc2ccccc12.O=C(O)C(F)(F)F. The number of fused-ring (bicyclic) bond motifs is 1. The number of alkyl halides is 3. The van der Waals surface area contributed by atoms with Gasteiger partial charge in [0.2, 0.25) is 0 Å². The Morgan fingerprint density at radius 1 is 1.33 bits per heavy atom. The quantitative estimate of drug-likeness (QED) is 0.638. The van der Waals surface area contributed by atoms with E-state index < -0.39 is 12.1 Å². The van der Waals surface area contributed by atoms with Crippen LogP contribution in [0.2, 0.25) is 0 Å². The maximum Gasteiger partial charge on any atom is 0.490 e. The van der Waals surface area contributed by atoms with E-state index in [1.165, 1.54) is 6.07 Å². The van der Waals surface area contributed by atoms with E-state index >= 15 is 0 Å². The van der Waals surface area contributed by atoms with Crippen molar-refractivity contribution in [1.82, 2.24) is 5.32 Å². The highest BCUT2D eigenvalue weighted by molar-refractivity contribution is 5.82. The molecule has 0 bridgehead atoms. The van der Waals surface area contributed by atoms with Gasteiger partial charge in [0.15, 0.2) is 0 Å². The minimum Gasteiger partial charge on any atom is -0.492 e. The molecule has 0 saturated carbocycles. The minimum atomic E-state index is -5.08. The number of para-hydroxylation sites is 1. The Morgan fingerprint density at radius 3 is 2.54 bits per heavy atom. The van der Waals surface area contributed by atoms with Gasteiger partial charge in [-0.1, -0.05) is 12.1 Å². The van der Waals surface area contributed by atoms with Gasteiger partial charge in [0.05, 0.1) is 18.1 Å². The second kappa shape index (κ2) is 8.92. The first kappa shape index (κ1) is 19.5. The first-order valence-electron chi connectivity index (χ1n) is 6.86. The maximum atomic E-state index is 11.3.